The number of nitrogens with zero attached hydrogens (tertiary/aromatic N) is 7. The lowest BCUT2D eigenvalue weighted by atomic mass is 10.1. The highest BCUT2D eigenvalue weighted by Crippen LogP contribution is 2.31. The first kappa shape index (κ1) is 16.9. The monoisotopic (exact) mass is 366 g/mol. The summed E-state index contributed by atoms with van der Waals surface area (Å²) in [5, 5.41) is 18.3. The molecule has 0 spiro atoms. The summed E-state index contributed by atoms with van der Waals surface area (Å²) < 4.78 is 1.31. The third-order valence-electron chi connectivity index (χ3n) is 4.45. The summed E-state index contributed by atoms with van der Waals surface area (Å²) in [6, 6.07) is 10.5. The van der Waals surface area contributed by atoms with Crippen LogP contribution in [0.1, 0.15) is 13.3 Å². The minimum absolute atomic E-state index is 0.0908. The van der Waals surface area contributed by atoms with E-state index in [0.717, 1.165) is 0 Å². The number of carbonyl (C=O) groups is 2. The summed E-state index contributed by atoms with van der Waals surface area (Å²) in [4.78, 5) is 28.6. The van der Waals surface area contributed by atoms with E-state index in [4.69, 9.17) is 0 Å². The average Bonchev–Trinajstić information content (AvgIpc) is 3.05. The molecule has 1 N–H and O–H groups in total. The summed E-state index contributed by atoms with van der Waals surface area (Å²) >= 11 is 0. The zero-order valence-corrected chi connectivity index (χ0v) is 14.9. The van der Waals surface area contributed by atoms with Crippen molar-refractivity contribution >= 4 is 34.7 Å². The fourth-order valence-corrected chi connectivity index (χ4v) is 3.17. The van der Waals surface area contributed by atoms with Gasteiger partial charge in [-0.1, -0.05) is 12.1 Å². The molecule has 2 aromatic heterocycles. The molecule has 0 radical (unpaired) electrons. The van der Waals surface area contributed by atoms with Crippen molar-refractivity contribution in [3.8, 4) is 0 Å². The highest BCUT2D eigenvalue weighted by Gasteiger charge is 2.30. The number of carbonyl (C=O) groups excluding carboxylic acids is 2. The molecule has 10 nitrogen and oxygen atoms in total. The predicted molar refractivity (Wildman–Crippen MR) is 98.5 cm³/mol. The lowest BCUT2D eigenvalue weighted by Gasteiger charge is -2.30. The molecule has 3 heterocycles. The maximum atomic E-state index is 13.1. The number of benzene rings is 1. The maximum Gasteiger partial charge on any atom is 0.246 e. The summed E-state index contributed by atoms with van der Waals surface area (Å²) in [5.41, 5.74) is 1.85. The summed E-state index contributed by atoms with van der Waals surface area (Å²) in [5.74, 6) is 0.324. The van der Waals surface area contributed by atoms with Gasteiger partial charge in [-0.3, -0.25) is 9.59 Å². The molecule has 1 aromatic carbocycles. The van der Waals surface area contributed by atoms with Gasteiger partial charge in [0.1, 0.15) is 0 Å². The van der Waals surface area contributed by atoms with Gasteiger partial charge >= 0.3 is 0 Å². The first-order valence-electron chi connectivity index (χ1n) is 8.50. The molecule has 0 aliphatic carbocycles. The molecular formula is C17H18N8O2. The Labute approximate surface area is 154 Å². The van der Waals surface area contributed by atoms with Crippen molar-refractivity contribution in [2.75, 3.05) is 28.7 Å². The number of anilines is 3. The summed E-state index contributed by atoms with van der Waals surface area (Å²) in [6.45, 7) is 1.96. The predicted octanol–water partition coefficient (Wildman–Crippen LogP) is 0.719. The van der Waals surface area contributed by atoms with Crippen LogP contribution in [-0.2, 0) is 9.59 Å². The van der Waals surface area contributed by atoms with E-state index in [1.165, 1.54) is 4.63 Å². The van der Waals surface area contributed by atoms with Crippen LogP contribution in [0.15, 0.2) is 36.4 Å². The van der Waals surface area contributed by atoms with Gasteiger partial charge in [0.05, 0.1) is 17.9 Å². The van der Waals surface area contributed by atoms with E-state index in [1.54, 1.807) is 35.0 Å². The van der Waals surface area contributed by atoms with E-state index in [1.807, 2.05) is 25.1 Å². The number of rotatable bonds is 3. The molecule has 1 aliphatic rings. The van der Waals surface area contributed by atoms with Gasteiger partial charge in [-0.25, -0.2) is 0 Å². The Hall–Kier alpha value is -3.56. The second kappa shape index (κ2) is 6.63. The van der Waals surface area contributed by atoms with Crippen molar-refractivity contribution < 1.29 is 9.59 Å². The van der Waals surface area contributed by atoms with Gasteiger partial charge in [0.15, 0.2) is 11.5 Å². The van der Waals surface area contributed by atoms with E-state index in [-0.39, 0.29) is 30.8 Å². The molecule has 4 rings (SSSR count). The fraction of sp³-hybridized carbons (Fsp3) is 0.294. The van der Waals surface area contributed by atoms with Crippen LogP contribution in [0.2, 0.25) is 0 Å². The number of fused-ring (bicyclic) bond motifs is 2. The minimum Gasteiger partial charge on any atom is -0.349 e. The Morgan fingerprint density at radius 2 is 2.11 bits per heavy atom. The van der Waals surface area contributed by atoms with Crippen molar-refractivity contribution in [1.29, 1.82) is 0 Å². The fourth-order valence-electron chi connectivity index (χ4n) is 3.17. The Morgan fingerprint density at radius 1 is 1.30 bits per heavy atom. The number of likely N-dealkylation sites (N-methyl/N-ethyl adjacent to an activating group) is 1. The third kappa shape index (κ3) is 3.16. The van der Waals surface area contributed by atoms with E-state index in [0.29, 0.717) is 22.8 Å². The number of para-hydroxylation sites is 2. The van der Waals surface area contributed by atoms with E-state index in [2.05, 4.69) is 25.9 Å². The molecule has 138 valence electrons. The molecular weight excluding hydrogens is 348 g/mol. The molecule has 3 aromatic rings. The average molecular weight is 366 g/mol. The van der Waals surface area contributed by atoms with Crippen LogP contribution in [0.5, 0.6) is 0 Å². The second-order valence-electron chi connectivity index (χ2n) is 6.46. The normalized spacial score (nSPS) is 16.6. The van der Waals surface area contributed by atoms with Gasteiger partial charge in [-0.05, 0) is 41.6 Å². The van der Waals surface area contributed by atoms with Crippen molar-refractivity contribution in [2.45, 2.75) is 19.4 Å². The van der Waals surface area contributed by atoms with E-state index in [9.17, 15) is 9.59 Å². The number of hydrogen-bond acceptors (Lipinski definition) is 7. The molecule has 27 heavy (non-hydrogen) atoms. The number of aromatic nitrogens is 5. The van der Waals surface area contributed by atoms with Crippen LogP contribution in [0, 0.1) is 0 Å². The van der Waals surface area contributed by atoms with Crippen molar-refractivity contribution in [2.24, 2.45) is 0 Å². The lowest BCUT2D eigenvalue weighted by molar-refractivity contribution is -0.118. The van der Waals surface area contributed by atoms with Gasteiger partial charge in [-0.15, -0.1) is 14.8 Å². The van der Waals surface area contributed by atoms with E-state index < -0.39 is 0 Å². The SMILES string of the molecule is C[C@H]1CC(=O)Nc2ccccc2N1C(=O)CN(C)c1ccc2nnnn2n1. The molecule has 1 aliphatic heterocycles. The zero-order valence-electron chi connectivity index (χ0n) is 14.9. The topological polar surface area (TPSA) is 109 Å². The number of nitrogens with one attached hydrogen (secondary N) is 1. The Bertz CT molecular complexity index is 1020. The Balaban J connectivity index is 1.60. The van der Waals surface area contributed by atoms with Crippen LogP contribution < -0.4 is 15.1 Å². The van der Waals surface area contributed by atoms with Crippen molar-refractivity contribution in [1.82, 2.24) is 25.3 Å². The molecule has 0 saturated heterocycles. The quantitative estimate of drug-likeness (QED) is 0.727. The largest absolute Gasteiger partial charge is 0.349 e. The van der Waals surface area contributed by atoms with Gasteiger partial charge in [-0.2, -0.15) is 0 Å². The summed E-state index contributed by atoms with van der Waals surface area (Å²) in [7, 11) is 1.77. The smallest absolute Gasteiger partial charge is 0.246 e. The van der Waals surface area contributed by atoms with Crippen LogP contribution >= 0.6 is 0 Å². The molecule has 0 unspecified atom stereocenters. The zero-order chi connectivity index (χ0) is 19.0. The first-order chi connectivity index (χ1) is 13.0. The Kier molecular flexibility index (Phi) is 4.15. The minimum atomic E-state index is -0.260. The first-order valence-corrected chi connectivity index (χ1v) is 8.50. The molecule has 0 bridgehead atoms. The summed E-state index contributed by atoms with van der Waals surface area (Å²) in [6.07, 6.45) is 0.235. The highest BCUT2D eigenvalue weighted by molar-refractivity contribution is 6.05. The third-order valence-corrected chi connectivity index (χ3v) is 4.45. The highest BCUT2D eigenvalue weighted by atomic mass is 16.2. The van der Waals surface area contributed by atoms with E-state index >= 15 is 0 Å². The van der Waals surface area contributed by atoms with Gasteiger partial charge in [0.25, 0.3) is 0 Å². The standard InChI is InChI=1S/C17H18N8O2/c1-11-9-16(26)18-12-5-3-4-6-13(12)24(11)17(27)10-23(2)15-8-7-14-19-21-22-25(14)20-15/h3-8,11H,9-10H2,1-2H3,(H,18,26)/t11-/m0/s1. The maximum absolute atomic E-state index is 13.1. The van der Waals surface area contributed by atoms with Crippen molar-refractivity contribution in [3.05, 3.63) is 36.4 Å². The molecule has 2 amide bonds. The lowest BCUT2D eigenvalue weighted by Crippen LogP contribution is -2.44. The number of amides is 2. The molecule has 1 atom stereocenters. The number of hydrogen-bond donors (Lipinski definition) is 1. The number of tetrazole rings is 1. The van der Waals surface area contributed by atoms with Crippen LogP contribution in [0.4, 0.5) is 17.2 Å². The molecule has 10 heteroatoms. The molecule has 0 fully saturated rings. The Morgan fingerprint density at radius 3 is 2.96 bits per heavy atom. The van der Waals surface area contributed by atoms with Gasteiger partial charge in [0.2, 0.25) is 11.8 Å². The van der Waals surface area contributed by atoms with Crippen LogP contribution in [0.25, 0.3) is 5.65 Å². The second-order valence-corrected chi connectivity index (χ2v) is 6.46. The van der Waals surface area contributed by atoms with Gasteiger partial charge < -0.3 is 15.1 Å². The van der Waals surface area contributed by atoms with Crippen LogP contribution in [0.3, 0.4) is 0 Å². The van der Waals surface area contributed by atoms with Crippen LogP contribution in [-0.4, -0.2) is 56.7 Å². The van der Waals surface area contributed by atoms with Gasteiger partial charge in [0, 0.05) is 19.5 Å². The molecule has 0 saturated carbocycles. The van der Waals surface area contributed by atoms with Crippen molar-refractivity contribution in [3.63, 3.8) is 0 Å².